The van der Waals surface area contributed by atoms with Gasteiger partial charge in [-0.2, -0.15) is 13.2 Å². The van der Waals surface area contributed by atoms with Crippen LogP contribution in [0.15, 0.2) is 91.3 Å². The van der Waals surface area contributed by atoms with Gasteiger partial charge in [-0.05, 0) is 73.7 Å². The summed E-state index contributed by atoms with van der Waals surface area (Å²) in [7, 11) is 0. The number of thiocarbonyl (C=S) groups is 1. The number of amides is 1. The lowest BCUT2D eigenvalue weighted by Crippen LogP contribution is -2.33. The normalized spacial score (nSPS) is 17.2. The largest absolute Gasteiger partial charge is 0.416 e. The fraction of sp³-hybridized carbons (Fsp3) is 0.207. The Hall–Kier alpha value is -4.18. The van der Waals surface area contributed by atoms with Gasteiger partial charge in [0.25, 0.3) is 0 Å². The first-order chi connectivity index (χ1) is 18.7. The van der Waals surface area contributed by atoms with E-state index in [9.17, 15) is 18.0 Å². The number of carbonyl (C=O) groups excluding carboxylic acids is 1. The zero-order chi connectivity index (χ0) is 27.6. The third-order valence-electron chi connectivity index (χ3n) is 6.65. The maximum atomic E-state index is 13.5. The SMILES string of the molecule is Cc1ccc(NC(=O)CCN2C(=S)N[C@H](c3ccccn3)[C@H]2c2cccn2-c2cccc(C(F)(F)F)c2)cc1. The minimum absolute atomic E-state index is 0.158. The fourth-order valence-electron chi connectivity index (χ4n) is 4.75. The highest BCUT2D eigenvalue weighted by Gasteiger charge is 2.41. The maximum absolute atomic E-state index is 13.5. The summed E-state index contributed by atoms with van der Waals surface area (Å²) in [5.74, 6) is -0.171. The Morgan fingerprint density at radius 3 is 2.56 bits per heavy atom. The molecule has 2 aromatic heterocycles. The van der Waals surface area contributed by atoms with E-state index < -0.39 is 17.8 Å². The van der Waals surface area contributed by atoms with E-state index in [1.54, 1.807) is 29.1 Å². The van der Waals surface area contributed by atoms with Gasteiger partial charge in [-0.3, -0.25) is 9.78 Å². The highest BCUT2D eigenvalue weighted by Crippen LogP contribution is 2.40. The van der Waals surface area contributed by atoms with Crippen molar-refractivity contribution in [1.29, 1.82) is 0 Å². The monoisotopic (exact) mass is 549 g/mol. The molecule has 6 nitrogen and oxygen atoms in total. The molecule has 0 aliphatic carbocycles. The molecule has 1 amide bonds. The molecule has 0 radical (unpaired) electrons. The molecule has 10 heteroatoms. The predicted octanol–water partition coefficient (Wildman–Crippen LogP) is 6.20. The van der Waals surface area contributed by atoms with Crippen LogP contribution in [0.4, 0.5) is 18.9 Å². The predicted molar refractivity (Wildman–Crippen MR) is 147 cm³/mol. The minimum atomic E-state index is -4.47. The number of alkyl halides is 3. The van der Waals surface area contributed by atoms with Gasteiger partial charge in [-0.15, -0.1) is 0 Å². The Kier molecular flexibility index (Phi) is 7.38. The summed E-state index contributed by atoms with van der Waals surface area (Å²) in [4.78, 5) is 19.2. The standard InChI is InChI=1S/C29H26F3N5OS/c1-19-10-12-21(13-11-19)34-25(38)14-17-37-27(26(35-28(37)39)23-8-2-3-15-33-23)24-9-5-16-36(24)22-7-4-6-20(18-22)29(30,31)32/h2-13,15-16,18,26-27H,14,17H2,1H3,(H,34,38)(H,35,39)/t26-,27-/m1/s1. The molecule has 1 saturated heterocycles. The van der Waals surface area contributed by atoms with Gasteiger partial charge in [-0.25, -0.2) is 0 Å². The molecule has 1 aliphatic heterocycles. The topological polar surface area (TPSA) is 62.2 Å². The molecule has 0 unspecified atom stereocenters. The summed E-state index contributed by atoms with van der Waals surface area (Å²) in [5, 5.41) is 6.67. The zero-order valence-electron chi connectivity index (χ0n) is 21.0. The number of hydrogen-bond acceptors (Lipinski definition) is 3. The number of pyridine rings is 1. The Morgan fingerprint density at radius 1 is 1.05 bits per heavy atom. The van der Waals surface area contributed by atoms with Crippen molar-refractivity contribution in [3.8, 4) is 5.69 Å². The molecule has 2 atom stereocenters. The number of nitrogens with one attached hydrogen (secondary N) is 2. The van der Waals surface area contributed by atoms with E-state index in [2.05, 4.69) is 15.6 Å². The average molecular weight is 550 g/mol. The third-order valence-corrected chi connectivity index (χ3v) is 7.00. The van der Waals surface area contributed by atoms with Crippen LogP contribution in [-0.2, 0) is 11.0 Å². The van der Waals surface area contributed by atoms with E-state index in [4.69, 9.17) is 12.2 Å². The molecular formula is C29H26F3N5OS. The Balaban J connectivity index is 1.46. The van der Waals surface area contributed by atoms with Crippen molar-refractivity contribution in [3.63, 3.8) is 0 Å². The van der Waals surface area contributed by atoms with Crippen molar-refractivity contribution >= 4 is 28.9 Å². The van der Waals surface area contributed by atoms with Crippen LogP contribution in [-0.4, -0.2) is 32.0 Å². The number of rotatable bonds is 7. The molecule has 0 bridgehead atoms. The number of nitrogens with zero attached hydrogens (tertiary/aromatic N) is 3. The lowest BCUT2D eigenvalue weighted by molar-refractivity contribution is -0.137. The lowest BCUT2D eigenvalue weighted by atomic mass is 10.0. The smallest absolute Gasteiger partial charge is 0.352 e. The minimum Gasteiger partial charge on any atom is -0.352 e. The quantitative estimate of drug-likeness (QED) is 0.269. The van der Waals surface area contributed by atoms with Crippen LogP contribution < -0.4 is 10.6 Å². The number of aryl methyl sites for hydroxylation is 1. The van der Waals surface area contributed by atoms with Crippen LogP contribution in [0.1, 0.15) is 41.0 Å². The molecule has 0 saturated carbocycles. The molecule has 0 spiro atoms. The van der Waals surface area contributed by atoms with Crippen LogP contribution in [0, 0.1) is 6.92 Å². The molecule has 39 heavy (non-hydrogen) atoms. The number of carbonyl (C=O) groups is 1. The number of anilines is 1. The van der Waals surface area contributed by atoms with Crippen molar-refractivity contribution in [2.75, 3.05) is 11.9 Å². The van der Waals surface area contributed by atoms with E-state index in [-0.39, 0.29) is 18.4 Å². The Morgan fingerprint density at radius 2 is 1.85 bits per heavy atom. The maximum Gasteiger partial charge on any atom is 0.416 e. The van der Waals surface area contributed by atoms with Gasteiger partial charge in [0.1, 0.15) is 0 Å². The number of halogens is 3. The van der Waals surface area contributed by atoms with Crippen molar-refractivity contribution in [3.05, 3.63) is 114 Å². The van der Waals surface area contributed by atoms with Crippen molar-refractivity contribution in [2.24, 2.45) is 0 Å². The molecule has 1 aliphatic rings. The lowest BCUT2D eigenvalue weighted by Gasteiger charge is -2.29. The summed E-state index contributed by atoms with van der Waals surface area (Å²) < 4.78 is 42.1. The van der Waals surface area contributed by atoms with Crippen molar-refractivity contribution in [1.82, 2.24) is 19.8 Å². The Labute approximate surface area is 229 Å². The molecule has 200 valence electrons. The molecule has 1 fully saturated rings. The van der Waals surface area contributed by atoms with Crippen molar-refractivity contribution < 1.29 is 18.0 Å². The molecule has 4 aromatic rings. The number of benzene rings is 2. The third kappa shape index (κ3) is 5.80. The summed E-state index contributed by atoms with van der Waals surface area (Å²) in [6.07, 6.45) is -0.900. The van der Waals surface area contributed by atoms with Crippen molar-refractivity contribution in [2.45, 2.75) is 31.6 Å². The first-order valence-electron chi connectivity index (χ1n) is 12.4. The van der Waals surface area contributed by atoms with Gasteiger partial charge >= 0.3 is 6.18 Å². The van der Waals surface area contributed by atoms with Gasteiger partial charge in [0.15, 0.2) is 5.11 Å². The second kappa shape index (κ2) is 10.9. The summed E-state index contributed by atoms with van der Waals surface area (Å²) in [5.41, 5.74) is 2.89. The van der Waals surface area contributed by atoms with E-state index >= 15 is 0 Å². The summed E-state index contributed by atoms with van der Waals surface area (Å²) in [6, 6.07) is 21.1. The number of aromatic nitrogens is 2. The van der Waals surface area contributed by atoms with E-state index in [0.29, 0.717) is 23.0 Å². The molecule has 3 heterocycles. The van der Waals surface area contributed by atoms with Crippen LogP contribution >= 0.6 is 12.2 Å². The molecule has 5 rings (SSSR count). The van der Waals surface area contributed by atoms with Crippen LogP contribution in [0.2, 0.25) is 0 Å². The number of hydrogen-bond donors (Lipinski definition) is 2. The Bertz CT molecular complexity index is 1470. The zero-order valence-corrected chi connectivity index (χ0v) is 21.8. The second-order valence-electron chi connectivity index (χ2n) is 9.34. The van der Waals surface area contributed by atoms with Crippen LogP contribution in [0.5, 0.6) is 0 Å². The van der Waals surface area contributed by atoms with Gasteiger partial charge in [0, 0.05) is 42.4 Å². The summed E-state index contributed by atoms with van der Waals surface area (Å²) >= 11 is 5.69. The van der Waals surface area contributed by atoms with E-state index in [0.717, 1.165) is 29.1 Å². The van der Waals surface area contributed by atoms with Crippen LogP contribution in [0.25, 0.3) is 5.69 Å². The molecule has 2 aromatic carbocycles. The van der Waals surface area contributed by atoms with Gasteiger partial charge in [0.05, 0.1) is 23.3 Å². The van der Waals surface area contributed by atoms with Crippen LogP contribution in [0.3, 0.4) is 0 Å². The van der Waals surface area contributed by atoms with E-state index in [1.807, 2.05) is 60.4 Å². The molecule has 2 N–H and O–H groups in total. The highest BCUT2D eigenvalue weighted by molar-refractivity contribution is 7.80. The van der Waals surface area contributed by atoms with E-state index in [1.165, 1.54) is 6.07 Å². The van der Waals surface area contributed by atoms with Gasteiger partial charge < -0.3 is 20.1 Å². The van der Waals surface area contributed by atoms with Gasteiger partial charge in [0.2, 0.25) is 5.91 Å². The molecular weight excluding hydrogens is 523 g/mol. The summed E-state index contributed by atoms with van der Waals surface area (Å²) in [6.45, 7) is 2.27. The highest BCUT2D eigenvalue weighted by atomic mass is 32.1. The first kappa shape index (κ1) is 26.4. The van der Waals surface area contributed by atoms with Gasteiger partial charge in [-0.1, -0.05) is 29.8 Å². The first-order valence-corrected chi connectivity index (χ1v) is 12.8. The second-order valence-corrected chi connectivity index (χ2v) is 9.72. The average Bonchev–Trinajstić information content (AvgIpc) is 3.53. The fourth-order valence-corrected chi connectivity index (χ4v) is 5.08.